The quantitative estimate of drug-likeness (QED) is 0.561. The summed E-state index contributed by atoms with van der Waals surface area (Å²) in [5.41, 5.74) is 0.796. The van der Waals surface area contributed by atoms with Gasteiger partial charge in [-0.3, -0.25) is 9.59 Å². The highest BCUT2D eigenvalue weighted by atomic mass is 32.1. The van der Waals surface area contributed by atoms with Crippen LogP contribution in [0.4, 0.5) is 18.9 Å². The van der Waals surface area contributed by atoms with Gasteiger partial charge in [0.15, 0.2) is 0 Å². The van der Waals surface area contributed by atoms with Gasteiger partial charge in [-0.25, -0.2) is 0 Å². The van der Waals surface area contributed by atoms with E-state index in [0.717, 1.165) is 28.5 Å². The SMILES string of the molecule is Cc1cccc(CC(=O)Cc2ccc(NC(=O)c3cccs3)c(C(F)(F)F)c2)c1. The average molecular weight is 417 g/mol. The Morgan fingerprint density at radius 2 is 1.69 bits per heavy atom. The van der Waals surface area contributed by atoms with Gasteiger partial charge in [-0.2, -0.15) is 13.2 Å². The van der Waals surface area contributed by atoms with Crippen molar-refractivity contribution in [1.82, 2.24) is 0 Å². The van der Waals surface area contributed by atoms with Crippen molar-refractivity contribution < 1.29 is 22.8 Å². The highest BCUT2D eigenvalue weighted by Crippen LogP contribution is 2.36. The third-order valence-electron chi connectivity index (χ3n) is 4.27. The van der Waals surface area contributed by atoms with Gasteiger partial charge >= 0.3 is 6.18 Å². The molecule has 3 rings (SSSR count). The number of hydrogen-bond donors (Lipinski definition) is 1. The van der Waals surface area contributed by atoms with E-state index < -0.39 is 17.6 Å². The molecule has 0 aliphatic carbocycles. The van der Waals surface area contributed by atoms with Crippen LogP contribution in [-0.2, 0) is 23.8 Å². The summed E-state index contributed by atoms with van der Waals surface area (Å²) >= 11 is 1.14. The molecule has 0 fully saturated rings. The van der Waals surface area contributed by atoms with Crippen molar-refractivity contribution in [1.29, 1.82) is 0 Å². The van der Waals surface area contributed by atoms with E-state index >= 15 is 0 Å². The molecule has 29 heavy (non-hydrogen) atoms. The van der Waals surface area contributed by atoms with Gasteiger partial charge in [-0.1, -0.05) is 42.0 Å². The molecule has 0 saturated carbocycles. The predicted molar refractivity (Wildman–Crippen MR) is 107 cm³/mol. The van der Waals surface area contributed by atoms with Crippen LogP contribution < -0.4 is 5.32 Å². The van der Waals surface area contributed by atoms with Crippen LogP contribution in [0.25, 0.3) is 0 Å². The number of carbonyl (C=O) groups excluding carboxylic acids is 2. The van der Waals surface area contributed by atoms with E-state index in [4.69, 9.17) is 0 Å². The van der Waals surface area contributed by atoms with Crippen molar-refractivity contribution in [3.63, 3.8) is 0 Å². The maximum absolute atomic E-state index is 13.5. The second-order valence-electron chi connectivity index (χ2n) is 6.69. The smallest absolute Gasteiger partial charge is 0.321 e. The zero-order chi connectivity index (χ0) is 21.0. The molecule has 7 heteroatoms. The molecule has 0 saturated heterocycles. The highest BCUT2D eigenvalue weighted by molar-refractivity contribution is 7.12. The molecule has 0 radical (unpaired) electrons. The van der Waals surface area contributed by atoms with E-state index in [0.29, 0.717) is 4.88 Å². The highest BCUT2D eigenvalue weighted by Gasteiger charge is 2.34. The molecule has 3 nitrogen and oxygen atoms in total. The summed E-state index contributed by atoms with van der Waals surface area (Å²) in [7, 11) is 0. The van der Waals surface area contributed by atoms with Crippen molar-refractivity contribution in [2.45, 2.75) is 25.9 Å². The maximum Gasteiger partial charge on any atom is 0.418 e. The first-order valence-electron chi connectivity index (χ1n) is 8.84. The minimum absolute atomic E-state index is 0.115. The van der Waals surface area contributed by atoms with Crippen LogP contribution in [0.5, 0.6) is 0 Å². The van der Waals surface area contributed by atoms with E-state index in [9.17, 15) is 22.8 Å². The minimum Gasteiger partial charge on any atom is -0.321 e. The van der Waals surface area contributed by atoms with Crippen molar-refractivity contribution in [2.24, 2.45) is 0 Å². The van der Waals surface area contributed by atoms with Crippen molar-refractivity contribution in [3.05, 3.63) is 87.1 Å². The van der Waals surface area contributed by atoms with Crippen LogP contribution in [0.1, 0.15) is 31.9 Å². The van der Waals surface area contributed by atoms with Gasteiger partial charge in [0.2, 0.25) is 0 Å². The Bertz CT molecular complexity index is 1030. The summed E-state index contributed by atoms with van der Waals surface area (Å²) in [6, 6.07) is 14.2. The van der Waals surface area contributed by atoms with E-state index in [2.05, 4.69) is 5.32 Å². The predicted octanol–water partition coefficient (Wildman–Crippen LogP) is 5.68. The van der Waals surface area contributed by atoms with E-state index in [1.165, 1.54) is 18.2 Å². The first-order valence-corrected chi connectivity index (χ1v) is 9.72. The molecule has 1 heterocycles. The van der Waals surface area contributed by atoms with Crippen LogP contribution in [0, 0.1) is 6.92 Å². The average Bonchev–Trinajstić information content (AvgIpc) is 3.17. The van der Waals surface area contributed by atoms with Crippen LogP contribution in [0.3, 0.4) is 0 Å². The fraction of sp³-hybridized carbons (Fsp3) is 0.182. The number of rotatable bonds is 6. The molecule has 0 aliphatic rings. The number of amides is 1. The lowest BCUT2D eigenvalue weighted by molar-refractivity contribution is -0.137. The number of ketones is 1. The Morgan fingerprint density at radius 1 is 0.966 bits per heavy atom. The molecular weight excluding hydrogens is 399 g/mol. The molecule has 1 amide bonds. The second-order valence-corrected chi connectivity index (χ2v) is 7.64. The molecule has 1 aromatic heterocycles. The van der Waals surface area contributed by atoms with Crippen LogP contribution >= 0.6 is 11.3 Å². The topological polar surface area (TPSA) is 46.2 Å². The molecule has 0 spiro atoms. The van der Waals surface area contributed by atoms with Crippen LogP contribution in [0.15, 0.2) is 60.0 Å². The van der Waals surface area contributed by atoms with Gasteiger partial charge in [-0.05, 0) is 41.6 Å². The monoisotopic (exact) mass is 417 g/mol. The van der Waals surface area contributed by atoms with E-state index in [-0.39, 0.29) is 29.9 Å². The fourth-order valence-corrected chi connectivity index (χ4v) is 3.60. The summed E-state index contributed by atoms with van der Waals surface area (Å²) in [6.07, 6.45) is -4.62. The molecular formula is C22H18F3NO2S. The van der Waals surface area contributed by atoms with Gasteiger partial charge in [0.05, 0.1) is 16.1 Å². The molecule has 3 aromatic rings. The summed E-state index contributed by atoms with van der Waals surface area (Å²) < 4.78 is 40.5. The number of anilines is 1. The summed E-state index contributed by atoms with van der Waals surface area (Å²) in [4.78, 5) is 24.8. The molecule has 0 atom stereocenters. The molecule has 150 valence electrons. The third kappa shape index (κ3) is 5.54. The normalized spacial score (nSPS) is 11.3. The number of alkyl halides is 3. The van der Waals surface area contributed by atoms with Gasteiger partial charge in [0.25, 0.3) is 5.91 Å². The number of benzene rings is 2. The lowest BCUT2D eigenvalue weighted by Gasteiger charge is -2.15. The minimum atomic E-state index is -4.66. The number of nitrogens with one attached hydrogen (secondary N) is 1. The molecule has 0 bridgehead atoms. The lowest BCUT2D eigenvalue weighted by atomic mass is 9.99. The lowest BCUT2D eigenvalue weighted by Crippen LogP contribution is -2.17. The number of carbonyl (C=O) groups is 2. The summed E-state index contributed by atoms with van der Waals surface area (Å²) in [5.74, 6) is -0.784. The first kappa shape index (κ1) is 20.8. The molecule has 2 aromatic carbocycles. The first-order chi connectivity index (χ1) is 13.7. The maximum atomic E-state index is 13.5. The van der Waals surface area contributed by atoms with Crippen molar-refractivity contribution in [2.75, 3.05) is 5.32 Å². The van der Waals surface area contributed by atoms with Gasteiger partial charge in [-0.15, -0.1) is 11.3 Å². The molecule has 1 N–H and O–H groups in total. The van der Waals surface area contributed by atoms with Crippen molar-refractivity contribution >= 4 is 28.7 Å². The zero-order valence-corrected chi connectivity index (χ0v) is 16.4. The summed E-state index contributed by atoms with van der Waals surface area (Å²) in [5, 5.41) is 3.98. The largest absolute Gasteiger partial charge is 0.418 e. The number of thiophene rings is 1. The van der Waals surface area contributed by atoms with Gasteiger partial charge in [0.1, 0.15) is 5.78 Å². The number of aryl methyl sites for hydroxylation is 1. The van der Waals surface area contributed by atoms with E-state index in [1.807, 2.05) is 31.2 Å². The number of hydrogen-bond acceptors (Lipinski definition) is 3. The number of Topliss-reactive ketones (excluding diaryl/α,β-unsaturated/α-hetero) is 1. The van der Waals surface area contributed by atoms with Gasteiger partial charge < -0.3 is 5.32 Å². The zero-order valence-electron chi connectivity index (χ0n) is 15.5. The summed E-state index contributed by atoms with van der Waals surface area (Å²) in [6.45, 7) is 1.91. The standard InChI is InChI=1S/C22H18F3NO2S/c1-14-4-2-5-15(10-14)11-17(27)12-16-7-8-19(18(13-16)22(23,24)25)26-21(28)20-6-3-9-29-20/h2-10,13H,11-12H2,1H3,(H,26,28). The number of halogens is 3. The van der Waals surface area contributed by atoms with Crippen molar-refractivity contribution in [3.8, 4) is 0 Å². The molecule has 0 unspecified atom stereocenters. The Morgan fingerprint density at radius 3 is 2.31 bits per heavy atom. The fourth-order valence-electron chi connectivity index (χ4n) is 2.98. The third-order valence-corrected chi connectivity index (χ3v) is 5.14. The van der Waals surface area contributed by atoms with E-state index in [1.54, 1.807) is 11.4 Å². The molecule has 0 aliphatic heterocycles. The van der Waals surface area contributed by atoms with Gasteiger partial charge in [0, 0.05) is 12.8 Å². The Balaban J connectivity index is 1.78. The van der Waals surface area contributed by atoms with Crippen LogP contribution in [-0.4, -0.2) is 11.7 Å². The second kappa shape index (κ2) is 8.61. The van der Waals surface area contributed by atoms with Crippen LogP contribution in [0.2, 0.25) is 0 Å². The Labute approximate surface area is 170 Å². The Kier molecular flexibility index (Phi) is 6.17. The Hall–Kier alpha value is -2.93.